The predicted molar refractivity (Wildman–Crippen MR) is 75.8 cm³/mol. The summed E-state index contributed by atoms with van der Waals surface area (Å²) >= 11 is 5.83. The SMILES string of the molecule is CCNC(C)CC(=O)N[C@@H](C)c1ccc(Cl)cc1. The van der Waals surface area contributed by atoms with Crippen molar-refractivity contribution in [3.05, 3.63) is 34.9 Å². The molecule has 4 heteroatoms. The van der Waals surface area contributed by atoms with E-state index in [1.807, 2.05) is 45.0 Å². The Bertz CT molecular complexity index is 378. The van der Waals surface area contributed by atoms with Crippen molar-refractivity contribution in [3.8, 4) is 0 Å². The molecule has 0 saturated carbocycles. The number of halogens is 1. The maximum absolute atomic E-state index is 11.8. The Labute approximate surface area is 114 Å². The van der Waals surface area contributed by atoms with Gasteiger partial charge in [0.1, 0.15) is 0 Å². The summed E-state index contributed by atoms with van der Waals surface area (Å²) in [5.74, 6) is 0.0610. The predicted octanol–water partition coefficient (Wildman–Crippen LogP) is 2.91. The Morgan fingerprint density at radius 1 is 1.28 bits per heavy atom. The second-order valence-corrected chi connectivity index (χ2v) is 4.94. The van der Waals surface area contributed by atoms with Crippen LogP contribution in [0.2, 0.25) is 5.02 Å². The minimum absolute atomic E-state index is 0.00333. The van der Waals surface area contributed by atoms with Crippen molar-refractivity contribution in [2.24, 2.45) is 0 Å². The monoisotopic (exact) mass is 268 g/mol. The number of hydrogen-bond donors (Lipinski definition) is 2. The molecule has 1 aromatic carbocycles. The number of carbonyl (C=O) groups excluding carboxylic acids is 1. The van der Waals surface area contributed by atoms with Gasteiger partial charge in [0.15, 0.2) is 0 Å². The van der Waals surface area contributed by atoms with Crippen LogP contribution in [0, 0.1) is 0 Å². The molecule has 2 atom stereocenters. The molecule has 0 aliphatic rings. The van der Waals surface area contributed by atoms with Gasteiger partial charge in [-0.05, 0) is 38.1 Å². The molecule has 0 aromatic heterocycles. The van der Waals surface area contributed by atoms with Gasteiger partial charge in [-0.1, -0.05) is 30.7 Å². The topological polar surface area (TPSA) is 41.1 Å². The Kier molecular flexibility index (Phi) is 6.16. The molecule has 0 saturated heterocycles. The molecule has 100 valence electrons. The lowest BCUT2D eigenvalue weighted by Crippen LogP contribution is -2.34. The zero-order chi connectivity index (χ0) is 13.5. The Hall–Kier alpha value is -1.06. The van der Waals surface area contributed by atoms with Crippen molar-refractivity contribution in [2.45, 2.75) is 39.3 Å². The van der Waals surface area contributed by atoms with E-state index in [0.717, 1.165) is 12.1 Å². The fourth-order valence-electron chi connectivity index (χ4n) is 1.83. The first-order valence-electron chi connectivity index (χ1n) is 6.31. The second kappa shape index (κ2) is 7.39. The minimum atomic E-state index is 0.00333. The lowest BCUT2D eigenvalue weighted by Gasteiger charge is -2.17. The van der Waals surface area contributed by atoms with Gasteiger partial charge in [0.2, 0.25) is 5.91 Å². The van der Waals surface area contributed by atoms with E-state index >= 15 is 0 Å². The van der Waals surface area contributed by atoms with Gasteiger partial charge in [0.25, 0.3) is 0 Å². The van der Waals surface area contributed by atoms with Gasteiger partial charge in [0.05, 0.1) is 6.04 Å². The summed E-state index contributed by atoms with van der Waals surface area (Å²) in [6.07, 6.45) is 0.492. The van der Waals surface area contributed by atoms with Crippen LogP contribution < -0.4 is 10.6 Å². The molecule has 0 aliphatic carbocycles. The van der Waals surface area contributed by atoms with Gasteiger partial charge < -0.3 is 10.6 Å². The first-order valence-corrected chi connectivity index (χ1v) is 6.69. The van der Waals surface area contributed by atoms with Crippen LogP contribution in [0.15, 0.2) is 24.3 Å². The lowest BCUT2D eigenvalue weighted by molar-refractivity contribution is -0.122. The Morgan fingerprint density at radius 3 is 2.44 bits per heavy atom. The standard InChI is InChI=1S/C14H21ClN2O/c1-4-16-10(2)9-14(18)17-11(3)12-5-7-13(15)8-6-12/h5-8,10-11,16H,4,9H2,1-3H3,(H,17,18)/t10?,11-/m0/s1. The molecule has 0 fully saturated rings. The number of rotatable bonds is 6. The maximum Gasteiger partial charge on any atom is 0.222 e. The minimum Gasteiger partial charge on any atom is -0.350 e. The third-order valence-corrected chi connectivity index (χ3v) is 3.04. The summed E-state index contributed by atoms with van der Waals surface area (Å²) in [4.78, 5) is 11.8. The molecule has 1 rings (SSSR count). The third-order valence-electron chi connectivity index (χ3n) is 2.79. The first-order chi connectivity index (χ1) is 8.52. The molecule has 1 unspecified atom stereocenters. The highest BCUT2D eigenvalue weighted by Gasteiger charge is 2.12. The lowest BCUT2D eigenvalue weighted by atomic mass is 10.1. The molecule has 2 N–H and O–H groups in total. The number of nitrogens with one attached hydrogen (secondary N) is 2. The molecule has 0 bridgehead atoms. The van der Waals surface area contributed by atoms with Crippen LogP contribution in [0.5, 0.6) is 0 Å². The molecule has 18 heavy (non-hydrogen) atoms. The fourth-order valence-corrected chi connectivity index (χ4v) is 1.96. The van der Waals surface area contributed by atoms with Crippen molar-refractivity contribution in [2.75, 3.05) is 6.54 Å². The summed E-state index contributed by atoms with van der Waals surface area (Å²) in [6.45, 7) is 6.89. The zero-order valence-electron chi connectivity index (χ0n) is 11.2. The van der Waals surface area contributed by atoms with Crippen LogP contribution in [0.1, 0.15) is 38.8 Å². The Balaban J connectivity index is 2.46. The molecular weight excluding hydrogens is 248 g/mol. The van der Waals surface area contributed by atoms with Crippen LogP contribution in [0.3, 0.4) is 0 Å². The second-order valence-electron chi connectivity index (χ2n) is 4.50. The molecular formula is C14H21ClN2O. The quantitative estimate of drug-likeness (QED) is 0.833. The van der Waals surface area contributed by atoms with E-state index in [1.165, 1.54) is 0 Å². The number of amides is 1. The van der Waals surface area contributed by atoms with Crippen LogP contribution in [-0.4, -0.2) is 18.5 Å². The Morgan fingerprint density at radius 2 is 1.89 bits per heavy atom. The molecule has 1 amide bonds. The molecule has 0 heterocycles. The van der Waals surface area contributed by atoms with E-state index in [-0.39, 0.29) is 18.0 Å². The van der Waals surface area contributed by atoms with Crippen molar-refractivity contribution in [1.82, 2.24) is 10.6 Å². The van der Waals surface area contributed by atoms with E-state index in [2.05, 4.69) is 10.6 Å². The number of hydrogen-bond acceptors (Lipinski definition) is 2. The summed E-state index contributed by atoms with van der Waals surface area (Å²) in [6, 6.07) is 7.74. The molecule has 0 aliphatic heterocycles. The van der Waals surface area contributed by atoms with Crippen LogP contribution in [0.4, 0.5) is 0 Å². The molecule has 0 radical (unpaired) electrons. The van der Waals surface area contributed by atoms with Gasteiger partial charge in [-0.25, -0.2) is 0 Å². The average Bonchev–Trinajstić information content (AvgIpc) is 2.29. The van der Waals surface area contributed by atoms with Gasteiger partial charge >= 0.3 is 0 Å². The summed E-state index contributed by atoms with van der Waals surface area (Å²) in [5, 5.41) is 6.91. The van der Waals surface area contributed by atoms with E-state index in [4.69, 9.17) is 11.6 Å². The highest BCUT2D eigenvalue weighted by molar-refractivity contribution is 6.30. The number of benzene rings is 1. The smallest absolute Gasteiger partial charge is 0.222 e. The molecule has 1 aromatic rings. The summed E-state index contributed by atoms with van der Waals surface area (Å²) in [7, 11) is 0. The van der Waals surface area contributed by atoms with Gasteiger partial charge in [-0.2, -0.15) is 0 Å². The van der Waals surface area contributed by atoms with Crippen LogP contribution in [0.25, 0.3) is 0 Å². The normalized spacial score (nSPS) is 14.0. The zero-order valence-corrected chi connectivity index (χ0v) is 11.9. The fraction of sp³-hybridized carbons (Fsp3) is 0.500. The van der Waals surface area contributed by atoms with E-state index in [9.17, 15) is 4.79 Å². The third kappa shape index (κ3) is 5.07. The summed E-state index contributed by atoms with van der Waals surface area (Å²) in [5.41, 5.74) is 1.06. The van der Waals surface area contributed by atoms with E-state index in [0.29, 0.717) is 11.4 Å². The molecule has 0 spiro atoms. The van der Waals surface area contributed by atoms with Gasteiger partial charge in [0, 0.05) is 17.5 Å². The van der Waals surface area contributed by atoms with E-state index < -0.39 is 0 Å². The highest BCUT2D eigenvalue weighted by Crippen LogP contribution is 2.16. The average molecular weight is 269 g/mol. The van der Waals surface area contributed by atoms with Crippen molar-refractivity contribution in [1.29, 1.82) is 0 Å². The molecule has 3 nitrogen and oxygen atoms in total. The maximum atomic E-state index is 11.8. The van der Waals surface area contributed by atoms with Crippen LogP contribution >= 0.6 is 11.6 Å². The van der Waals surface area contributed by atoms with Gasteiger partial charge in [-0.15, -0.1) is 0 Å². The largest absolute Gasteiger partial charge is 0.350 e. The highest BCUT2D eigenvalue weighted by atomic mass is 35.5. The van der Waals surface area contributed by atoms with Crippen molar-refractivity contribution < 1.29 is 4.79 Å². The van der Waals surface area contributed by atoms with E-state index in [1.54, 1.807) is 0 Å². The van der Waals surface area contributed by atoms with Crippen molar-refractivity contribution >= 4 is 17.5 Å². The first kappa shape index (κ1) is 15.0. The van der Waals surface area contributed by atoms with Crippen LogP contribution in [-0.2, 0) is 4.79 Å². The van der Waals surface area contributed by atoms with Gasteiger partial charge in [-0.3, -0.25) is 4.79 Å². The number of carbonyl (C=O) groups is 1. The van der Waals surface area contributed by atoms with Crippen molar-refractivity contribution in [3.63, 3.8) is 0 Å². The summed E-state index contributed by atoms with van der Waals surface area (Å²) < 4.78 is 0.